The summed E-state index contributed by atoms with van der Waals surface area (Å²) in [5.74, 6) is 0.994. The van der Waals surface area contributed by atoms with Gasteiger partial charge in [0, 0.05) is 12.1 Å². The predicted molar refractivity (Wildman–Crippen MR) is 62.0 cm³/mol. The van der Waals surface area contributed by atoms with Gasteiger partial charge in [0.25, 0.3) is 0 Å². The van der Waals surface area contributed by atoms with Gasteiger partial charge < -0.3 is 5.32 Å². The molecule has 4 heteroatoms. The summed E-state index contributed by atoms with van der Waals surface area (Å²) in [4.78, 5) is 8.51. The molecule has 0 saturated carbocycles. The normalized spacial score (nSPS) is 10.2. The zero-order valence-corrected chi connectivity index (χ0v) is 9.82. The first-order valence-electron chi connectivity index (χ1n) is 4.95. The van der Waals surface area contributed by atoms with Gasteiger partial charge in [-0.3, -0.25) is 0 Å². The van der Waals surface area contributed by atoms with Gasteiger partial charge in [0.15, 0.2) is 0 Å². The van der Waals surface area contributed by atoms with E-state index in [0.717, 1.165) is 30.2 Å². The average molecular weight is 211 g/mol. The number of anilines is 1. The molecule has 0 spiro atoms. The first-order valence-corrected chi connectivity index (χ1v) is 6.17. The van der Waals surface area contributed by atoms with Crippen molar-refractivity contribution in [3.05, 3.63) is 11.9 Å². The molecular weight excluding hydrogens is 194 g/mol. The maximum absolute atomic E-state index is 4.26. The second-order valence-electron chi connectivity index (χ2n) is 2.99. The molecule has 0 atom stereocenters. The van der Waals surface area contributed by atoms with E-state index in [1.54, 1.807) is 18.1 Å². The summed E-state index contributed by atoms with van der Waals surface area (Å²) in [7, 11) is 0. The van der Waals surface area contributed by atoms with Crippen molar-refractivity contribution in [2.24, 2.45) is 0 Å². The minimum atomic E-state index is 0.970. The van der Waals surface area contributed by atoms with Crippen LogP contribution in [0.2, 0.25) is 0 Å². The third-order valence-corrected chi connectivity index (χ3v) is 2.73. The fraction of sp³-hybridized carbons (Fsp3) is 0.600. The molecule has 0 aromatic carbocycles. The van der Waals surface area contributed by atoms with Crippen molar-refractivity contribution < 1.29 is 0 Å². The molecular formula is C10H17N3S. The van der Waals surface area contributed by atoms with Gasteiger partial charge in [-0.1, -0.05) is 13.8 Å². The standard InChI is InChI=1S/C10H17N3S/c1-4-6-11-9-8(5-2)10(14-3)13-7-12-9/h7H,4-6H2,1-3H3,(H,11,12,13). The number of nitrogens with zero attached hydrogens (tertiary/aromatic N) is 2. The topological polar surface area (TPSA) is 37.8 Å². The lowest BCUT2D eigenvalue weighted by Crippen LogP contribution is -2.06. The minimum absolute atomic E-state index is 0.970. The van der Waals surface area contributed by atoms with Gasteiger partial charge in [0.1, 0.15) is 17.2 Å². The van der Waals surface area contributed by atoms with Crippen LogP contribution in [-0.4, -0.2) is 22.8 Å². The van der Waals surface area contributed by atoms with E-state index in [4.69, 9.17) is 0 Å². The summed E-state index contributed by atoms with van der Waals surface area (Å²) in [5.41, 5.74) is 1.23. The van der Waals surface area contributed by atoms with E-state index in [1.807, 2.05) is 6.26 Å². The van der Waals surface area contributed by atoms with Crippen LogP contribution in [0.5, 0.6) is 0 Å². The van der Waals surface area contributed by atoms with Gasteiger partial charge in [-0.15, -0.1) is 11.8 Å². The smallest absolute Gasteiger partial charge is 0.133 e. The minimum Gasteiger partial charge on any atom is -0.370 e. The summed E-state index contributed by atoms with van der Waals surface area (Å²) in [5, 5.41) is 4.41. The largest absolute Gasteiger partial charge is 0.370 e. The number of nitrogens with one attached hydrogen (secondary N) is 1. The summed E-state index contributed by atoms with van der Waals surface area (Å²) in [6.07, 6.45) is 5.76. The highest BCUT2D eigenvalue weighted by Crippen LogP contribution is 2.23. The summed E-state index contributed by atoms with van der Waals surface area (Å²) in [6, 6.07) is 0. The first kappa shape index (κ1) is 11.3. The molecule has 0 fully saturated rings. The molecule has 0 amide bonds. The maximum Gasteiger partial charge on any atom is 0.133 e. The lowest BCUT2D eigenvalue weighted by Gasteiger charge is -2.10. The molecule has 0 aliphatic rings. The van der Waals surface area contributed by atoms with E-state index in [0.29, 0.717) is 0 Å². The van der Waals surface area contributed by atoms with E-state index >= 15 is 0 Å². The quantitative estimate of drug-likeness (QED) is 0.600. The zero-order valence-electron chi connectivity index (χ0n) is 9.00. The lowest BCUT2D eigenvalue weighted by atomic mass is 10.2. The van der Waals surface area contributed by atoms with Crippen molar-refractivity contribution in [2.75, 3.05) is 18.1 Å². The van der Waals surface area contributed by atoms with E-state index in [9.17, 15) is 0 Å². The molecule has 78 valence electrons. The Morgan fingerprint density at radius 1 is 1.36 bits per heavy atom. The van der Waals surface area contributed by atoms with Gasteiger partial charge >= 0.3 is 0 Å². The van der Waals surface area contributed by atoms with Crippen LogP contribution in [-0.2, 0) is 6.42 Å². The lowest BCUT2D eigenvalue weighted by molar-refractivity contribution is 0.912. The Balaban J connectivity index is 2.90. The fourth-order valence-corrected chi connectivity index (χ4v) is 1.93. The van der Waals surface area contributed by atoms with E-state index in [2.05, 4.69) is 29.1 Å². The molecule has 14 heavy (non-hydrogen) atoms. The summed E-state index contributed by atoms with van der Waals surface area (Å²) in [6.45, 7) is 5.25. The molecule has 0 radical (unpaired) electrons. The van der Waals surface area contributed by atoms with Crippen molar-refractivity contribution in [1.82, 2.24) is 9.97 Å². The molecule has 1 rings (SSSR count). The second-order valence-corrected chi connectivity index (χ2v) is 3.79. The van der Waals surface area contributed by atoms with Crippen molar-refractivity contribution in [3.8, 4) is 0 Å². The van der Waals surface area contributed by atoms with Crippen LogP contribution in [0.1, 0.15) is 25.8 Å². The molecule has 1 heterocycles. The molecule has 0 bridgehead atoms. The molecule has 1 N–H and O–H groups in total. The number of thioether (sulfide) groups is 1. The molecule has 1 aromatic heterocycles. The van der Waals surface area contributed by atoms with Crippen LogP contribution in [0, 0.1) is 0 Å². The van der Waals surface area contributed by atoms with Crippen LogP contribution >= 0.6 is 11.8 Å². The summed E-state index contributed by atoms with van der Waals surface area (Å²) < 4.78 is 0. The SMILES string of the molecule is CCCNc1ncnc(SC)c1CC. The summed E-state index contributed by atoms with van der Waals surface area (Å²) >= 11 is 1.68. The van der Waals surface area contributed by atoms with Gasteiger partial charge in [-0.05, 0) is 19.1 Å². The van der Waals surface area contributed by atoms with Crippen molar-refractivity contribution >= 4 is 17.6 Å². The molecule has 0 aliphatic heterocycles. The van der Waals surface area contributed by atoms with Gasteiger partial charge in [0.2, 0.25) is 0 Å². The van der Waals surface area contributed by atoms with Crippen LogP contribution in [0.25, 0.3) is 0 Å². The first-order chi connectivity index (χ1) is 6.83. The Kier molecular flexibility index (Phi) is 4.73. The van der Waals surface area contributed by atoms with E-state index in [-0.39, 0.29) is 0 Å². The Bertz CT molecular complexity index is 289. The molecule has 0 saturated heterocycles. The number of hydrogen-bond acceptors (Lipinski definition) is 4. The molecule has 1 aromatic rings. The molecule has 0 unspecified atom stereocenters. The highest BCUT2D eigenvalue weighted by atomic mass is 32.2. The zero-order chi connectivity index (χ0) is 10.4. The van der Waals surface area contributed by atoms with E-state index < -0.39 is 0 Å². The van der Waals surface area contributed by atoms with Crippen molar-refractivity contribution in [3.63, 3.8) is 0 Å². The Morgan fingerprint density at radius 2 is 2.14 bits per heavy atom. The number of aromatic nitrogens is 2. The second kappa shape index (κ2) is 5.86. The maximum atomic E-state index is 4.26. The highest BCUT2D eigenvalue weighted by Gasteiger charge is 2.07. The van der Waals surface area contributed by atoms with Crippen molar-refractivity contribution in [2.45, 2.75) is 31.7 Å². The van der Waals surface area contributed by atoms with E-state index in [1.165, 1.54) is 5.56 Å². The van der Waals surface area contributed by atoms with Crippen LogP contribution in [0.4, 0.5) is 5.82 Å². The third-order valence-electron chi connectivity index (χ3n) is 2.00. The Labute approximate surface area is 89.7 Å². The number of rotatable bonds is 5. The van der Waals surface area contributed by atoms with Gasteiger partial charge in [-0.25, -0.2) is 9.97 Å². The van der Waals surface area contributed by atoms with Gasteiger partial charge in [-0.2, -0.15) is 0 Å². The van der Waals surface area contributed by atoms with Crippen LogP contribution in [0.15, 0.2) is 11.4 Å². The monoisotopic (exact) mass is 211 g/mol. The number of hydrogen-bond donors (Lipinski definition) is 1. The van der Waals surface area contributed by atoms with Crippen LogP contribution in [0.3, 0.4) is 0 Å². The molecule has 3 nitrogen and oxygen atoms in total. The predicted octanol–water partition coefficient (Wildman–Crippen LogP) is 2.58. The fourth-order valence-electron chi connectivity index (χ4n) is 1.29. The third kappa shape index (κ3) is 2.61. The Hall–Kier alpha value is -0.770. The highest BCUT2D eigenvalue weighted by molar-refractivity contribution is 7.98. The molecule has 0 aliphatic carbocycles. The average Bonchev–Trinajstić information content (AvgIpc) is 2.25. The van der Waals surface area contributed by atoms with Crippen molar-refractivity contribution in [1.29, 1.82) is 0 Å². The van der Waals surface area contributed by atoms with Crippen LogP contribution < -0.4 is 5.32 Å². The Morgan fingerprint density at radius 3 is 2.71 bits per heavy atom. The van der Waals surface area contributed by atoms with Gasteiger partial charge in [0.05, 0.1) is 0 Å².